The van der Waals surface area contributed by atoms with Crippen LogP contribution < -0.4 is 27.2 Å². The van der Waals surface area contributed by atoms with Gasteiger partial charge in [0.2, 0.25) is 0 Å². The Morgan fingerprint density at radius 1 is 0.857 bits per heavy atom. The van der Waals surface area contributed by atoms with Gasteiger partial charge in [0.05, 0.1) is 39.6 Å². The van der Waals surface area contributed by atoms with E-state index < -0.39 is 13.9 Å². The number of nitrogens with two attached hydrogens (primary N) is 2. The van der Waals surface area contributed by atoms with Crippen molar-refractivity contribution in [2.75, 3.05) is 65.9 Å². The molecule has 16 heteroatoms. The fourth-order valence-corrected chi connectivity index (χ4v) is 11.8. The third-order valence-electron chi connectivity index (χ3n) is 13.3. The van der Waals surface area contributed by atoms with E-state index in [4.69, 9.17) is 50.3 Å². The topological polar surface area (TPSA) is 225 Å². The Labute approximate surface area is 335 Å². The molecule has 0 spiro atoms. The molecule has 322 valence electrons. The Kier molecular flexibility index (Phi) is 18.3. The van der Waals surface area contributed by atoms with Crippen LogP contribution in [-0.2, 0) is 32.6 Å². The third kappa shape index (κ3) is 13.3. The van der Waals surface area contributed by atoms with Gasteiger partial charge in [-0.05, 0) is 91.3 Å². The van der Waals surface area contributed by atoms with Crippen LogP contribution in [0.5, 0.6) is 0 Å². The number of allylic oxidation sites excluding steroid dienone is 1. The molecule has 9 N–H and O–H groups in total. The van der Waals surface area contributed by atoms with E-state index in [0.717, 1.165) is 54.8 Å². The van der Waals surface area contributed by atoms with Crippen LogP contribution in [0.1, 0.15) is 105 Å². The van der Waals surface area contributed by atoms with E-state index in [1.807, 2.05) is 0 Å². The second kappa shape index (κ2) is 22.1. The van der Waals surface area contributed by atoms with E-state index in [0.29, 0.717) is 5.41 Å². The smallest absolute Gasteiger partial charge is 0.432 e. The molecule has 0 amide bonds. The summed E-state index contributed by atoms with van der Waals surface area (Å²) in [6.45, 7) is 13.9. The highest BCUT2D eigenvalue weighted by atomic mass is 31.2. The first kappa shape index (κ1) is 46.3. The summed E-state index contributed by atoms with van der Waals surface area (Å²) in [6, 6.07) is 0. The fourth-order valence-electron chi connectivity index (χ4n) is 10.5. The summed E-state index contributed by atoms with van der Waals surface area (Å²) in [7, 11) is -3.69. The summed E-state index contributed by atoms with van der Waals surface area (Å²) in [6.07, 6.45) is 15.2. The van der Waals surface area contributed by atoms with Crippen molar-refractivity contribution in [3.63, 3.8) is 0 Å². The van der Waals surface area contributed by atoms with Gasteiger partial charge in [0.15, 0.2) is 11.9 Å². The number of ether oxygens (including phenoxy) is 4. The van der Waals surface area contributed by atoms with Crippen LogP contribution in [0.3, 0.4) is 0 Å². The predicted molar refractivity (Wildman–Crippen MR) is 218 cm³/mol. The second-order valence-corrected chi connectivity index (χ2v) is 19.2. The molecule has 15 nitrogen and oxygen atoms in total. The molecule has 4 aliphatic carbocycles. The summed E-state index contributed by atoms with van der Waals surface area (Å²) in [5.41, 5.74) is 12.7. The van der Waals surface area contributed by atoms with Crippen molar-refractivity contribution in [1.29, 1.82) is 10.8 Å². The number of guanidine groups is 2. The monoisotopic (exact) mass is 812 g/mol. The van der Waals surface area contributed by atoms with Gasteiger partial charge in [-0.2, -0.15) is 0 Å². The van der Waals surface area contributed by atoms with Gasteiger partial charge < -0.3 is 41.0 Å². The van der Waals surface area contributed by atoms with Crippen LogP contribution in [0.2, 0.25) is 0 Å². The molecule has 4 aliphatic rings. The zero-order valence-corrected chi connectivity index (χ0v) is 35.7. The highest BCUT2D eigenvalue weighted by Gasteiger charge is 2.59. The van der Waals surface area contributed by atoms with Crippen LogP contribution in [0, 0.1) is 57.2 Å². The minimum atomic E-state index is -3.69. The average molecular weight is 812 g/mol. The van der Waals surface area contributed by atoms with Gasteiger partial charge in [-0.15, -0.1) is 0 Å². The molecule has 3 saturated carbocycles. The predicted octanol–water partition coefficient (Wildman–Crippen LogP) is 6.28. The van der Waals surface area contributed by atoms with Crippen LogP contribution in [0.15, 0.2) is 11.6 Å². The summed E-state index contributed by atoms with van der Waals surface area (Å²) in [5.74, 6) is 4.35. The molecule has 0 aromatic heterocycles. The van der Waals surface area contributed by atoms with E-state index >= 15 is 0 Å². The molecule has 0 radical (unpaired) electrons. The zero-order chi connectivity index (χ0) is 40.8. The first-order valence-electron chi connectivity index (χ1n) is 21.1. The number of hydrogen-bond donors (Lipinski definition) is 7. The molecule has 0 aromatic carbocycles. The number of carbonyl (C=O) groups is 1. The van der Waals surface area contributed by atoms with Crippen molar-refractivity contribution in [1.82, 2.24) is 15.7 Å². The normalized spacial score (nSPS) is 29.9. The standard InChI is InChI=1S/C40H74N7O8P/c1-28(2)7-6-8-29(3)33-11-12-34-32-10-9-30-27-31(13-15-39(30,4)35(32)14-16-40(33,34)5)55-38(48)52-26-25-51-24-23-50-20-19-47-56(49,53-21-17-45-36(41)42)54-22-18-46-37(43)44/h9,28-29,31-35H,6-8,10-27H2,1-5H3,(H,47,49)(H4,41,42,45)(H4,43,44,46). The molecule has 0 saturated heterocycles. The van der Waals surface area contributed by atoms with Crippen LogP contribution in [-0.4, -0.2) is 90.1 Å². The maximum absolute atomic E-state index is 13.0. The molecule has 0 aromatic rings. The van der Waals surface area contributed by atoms with Crippen LogP contribution >= 0.6 is 7.75 Å². The molecular weight excluding hydrogens is 737 g/mol. The molecular formula is C40H74N7O8P. The molecule has 0 heterocycles. The number of fused-ring (bicyclic) bond motifs is 5. The molecule has 3 fully saturated rings. The fraction of sp³-hybridized carbons (Fsp3) is 0.875. The average Bonchev–Trinajstić information content (AvgIpc) is 3.50. The summed E-state index contributed by atoms with van der Waals surface area (Å²) in [4.78, 5) is 12.6. The largest absolute Gasteiger partial charge is 0.508 e. The van der Waals surface area contributed by atoms with E-state index in [-0.39, 0.29) is 89.3 Å². The SMILES string of the molecule is CC(C)CCCC(C)C1CCC2C3CC=C4CC(OC(=O)OCCOCCOCCNP(=O)(OCCNC(=N)N)OCCNC(=N)N)CCC4(C)C3CCC12C. The van der Waals surface area contributed by atoms with Crippen molar-refractivity contribution in [3.05, 3.63) is 11.6 Å². The Balaban J connectivity index is 1.09. The Hall–Kier alpha value is -2.42. The first-order chi connectivity index (χ1) is 26.7. The summed E-state index contributed by atoms with van der Waals surface area (Å²) < 4.78 is 46.0. The first-order valence-corrected chi connectivity index (χ1v) is 22.7. The number of carbonyl (C=O) groups excluding carboxylic acids is 1. The quantitative estimate of drug-likeness (QED) is 0.0143. The van der Waals surface area contributed by atoms with E-state index in [1.165, 1.54) is 56.9 Å². The van der Waals surface area contributed by atoms with E-state index in [1.54, 1.807) is 0 Å². The maximum atomic E-state index is 13.0. The molecule has 4 rings (SSSR count). The van der Waals surface area contributed by atoms with E-state index in [2.05, 4.69) is 56.4 Å². The van der Waals surface area contributed by atoms with E-state index in [9.17, 15) is 9.36 Å². The lowest BCUT2D eigenvalue weighted by Crippen LogP contribution is -2.51. The zero-order valence-electron chi connectivity index (χ0n) is 34.8. The Bertz CT molecular complexity index is 1330. The van der Waals surface area contributed by atoms with Crippen molar-refractivity contribution < 1.29 is 37.4 Å². The van der Waals surface area contributed by atoms with Gasteiger partial charge >= 0.3 is 13.9 Å². The Morgan fingerprint density at radius 3 is 2.18 bits per heavy atom. The van der Waals surface area contributed by atoms with Crippen molar-refractivity contribution in [2.24, 2.45) is 57.8 Å². The highest BCUT2D eigenvalue weighted by Crippen LogP contribution is 2.67. The van der Waals surface area contributed by atoms with Crippen LogP contribution in [0.25, 0.3) is 0 Å². The highest BCUT2D eigenvalue weighted by molar-refractivity contribution is 7.51. The van der Waals surface area contributed by atoms with Crippen molar-refractivity contribution in [3.8, 4) is 0 Å². The lowest BCUT2D eigenvalue weighted by atomic mass is 9.47. The number of rotatable bonds is 24. The van der Waals surface area contributed by atoms with Gasteiger partial charge in [0.25, 0.3) is 0 Å². The van der Waals surface area contributed by atoms with Gasteiger partial charge in [0.1, 0.15) is 12.7 Å². The summed E-state index contributed by atoms with van der Waals surface area (Å²) in [5, 5.41) is 22.2. The van der Waals surface area contributed by atoms with Gasteiger partial charge in [-0.1, -0.05) is 65.5 Å². The van der Waals surface area contributed by atoms with Gasteiger partial charge in [-0.25, -0.2) is 14.4 Å². The number of nitrogens with one attached hydrogen (secondary N) is 5. The summed E-state index contributed by atoms with van der Waals surface area (Å²) >= 11 is 0. The molecule has 0 aliphatic heterocycles. The lowest BCUT2D eigenvalue weighted by Gasteiger charge is -2.58. The lowest BCUT2D eigenvalue weighted by molar-refractivity contribution is -0.0627. The Morgan fingerprint density at radius 2 is 1.52 bits per heavy atom. The molecule has 8 unspecified atom stereocenters. The minimum Gasteiger partial charge on any atom is -0.432 e. The maximum Gasteiger partial charge on any atom is 0.508 e. The number of hydrogen-bond acceptors (Lipinski definition) is 10. The van der Waals surface area contributed by atoms with Crippen molar-refractivity contribution in [2.45, 2.75) is 111 Å². The van der Waals surface area contributed by atoms with Gasteiger partial charge in [-0.3, -0.25) is 19.9 Å². The molecule has 8 atom stereocenters. The van der Waals surface area contributed by atoms with Crippen molar-refractivity contribution >= 4 is 25.8 Å². The van der Waals surface area contributed by atoms with Crippen LogP contribution in [0.4, 0.5) is 4.79 Å². The molecule has 56 heavy (non-hydrogen) atoms. The van der Waals surface area contributed by atoms with Gasteiger partial charge in [0, 0.05) is 26.1 Å². The minimum absolute atomic E-state index is 0.0217. The third-order valence-corrected chi connectivity index (χ3v) is 14.9. The molecule has 0 bridgehead atoms. The second-order valence-electron chi connectivity index (χ2n) is 17.3.